The van der Waals surface area contributed by atoms with E-state index in [1.807, 2.05) is 25.3 Å². The van der Waals surface area contributed by atoms with Crippen LogP contribution in [-0.2, 0) is 13.0 Å². The van der Waals surface area contributed by atoms with Crippen LogP contribution in [0.15, 0.2) is 18.3 Å². The SMILES string of the molecule is CC(CO)CCc1ccc(CN)cn1. The van der Waals surface area contributed by atoms with Gasteiger partial charge in [0, 0.05) is 25.0 Å². The molecule has 0 aliphatic carbocycles. The Bertz CT molecular complexity index is 258. The lowest BCUT2D eigenvalue weighted by Crippen LogP contribution is -2.04. The molecule has 0 bridgehead atoms. The minimum Gasteiger partial charge on any atom is -0.396 e. The average molecular weight is 194 g/mol. The van der Waals surface area contributed by atoms with E-state index in [2.05, 4.69) is 4.98 Å². The molecule has 0 aliphatic rings. The highest BCUT2D eigenvalue weighted by Crippen LogP contribution is 2.07. The third-order valence-corrected chi connectivity index (χ3v) is 2.33. The van der Waals surface area contributed by atoms with E-state index in [0.29, 0.717) is 12.5 Å². The Morgan fingerprint density at radius 1 is 1.50 bits per heavy atom. The lowest BCUT2D eigenvalue weighted by Gasteiger charge is -2.06. The van der Waals surface area contributed by atoms with Gasteiger partial charge in [0.1, 0.15) is 0 Å². The second-order valence-electron chi connectivity index (χ2n) is 3.69. The summed E-state index contributed by atoms with van der Waals surface area (Å²) >= 11 is 0. The molecule has 1 aromatic rings. The molecular formula is C11H18N2O. The fourth-order valence-electron chi connectivity index (χ4n) is 1.21. The fourth-order valence-corrected chi connectivity index (χ4v) is 1.21. The first-order valence-corrected chi connectivity index (χ1v) is 5.01. The molecule has 3 heteroatoms. The van der Waals surface area contributed by atoms with Gasteiger partial charge >= 0.3 is 0 Å². The highest BCUT2D eigenvalue weighted by atomic mass is 16.3. The van der Waals surface area contributed by atoms with Crippen LogP contribution < -0.4 is 5.73 Å². The molecule has 1 rings (SSSR count). The number of hydrogen-bond donors (Lipinski definition) is 2. The number of aliphatic hydroxyl groups excluding tert-OH is 1. The van der Waals surface area contributed by atoms with Crippen molar-refractivity contribution in [3.8, 4) is 0 Å². The molecule has 3 N–H and O–H groups in total. The molecule has 0 fully saturated rings. The highest BCUT2D eigenvalue weighted by Gasteiger charge is 2.01. The zero-order chi connectivity index (χ0) is 10.4. The Morgan fingerprint density at radius 3 is 2.79 bits per heavy atom. The van der Waals surface area contributed by atoms with Gasteiger partial charge in [-0.1, -0.05) is 13.0 Å². The van der Waals surface area contributed by atoms with E-state index < -0.39 is 0 Å². The predicted octanol–water partition coefficient (Wildman–Crippen LogP) is 1.10. The number of aryl methyl sites for hydroxylation is 1. The fraction of sp³-hybridized carbons (Fsp3) is 0.545. The Morgan fingerprint density at radius 2 is 2.29 bits per heavy atom. The Hall–Kier alpha value is -0.930. The summed E-state index contributed by atoms with van der Waals surface area (Å²) in [7, 11) is 0. The van der Waals surface area contributed by atoms with E-state index >= 15 is 0 Å². The van der Waals surface area contributed by atoms with Crippen molar-refractivity contribution in [1.29, 1.82) is 0 Å². The minimum absolute atomic E-state index is 0.251. The lowest BCUT2D eigenvalue weighted by atomic mass is 10.0. The first-order chi connectivity index (χ1) is 6.76. The Kier molecular flexibility index (Phi) is 4.56. The summed E-state index contributed by atoms with van der Waals surface area (Å²) in [4.78, 5) is 4.29. The van der Waals surface area contributed by atoms with Crippen molar-refractivity contribution < 1.29 is 5.11 Å². The maximum absolute atomic E-state index is 8.86. The van der Waals surface area contributed by atoms with Gasteiger partial charge in [0.15, 0.2) is 0 Å². The van der Waals surface area contributed by atoms with E-state index in [1.54, 1.807) is 0 Å². The summed E-state index contributed by atoms with van der Waals surface area (Å²) in [6.07, 6.45) is 3.72. The van der Waals surface area contributed by atoms with E-state index in [4.69, 9.17) is 10.8 Å². The van der Waals surface area contributed by atoms with Gasteiger partial charge in [0.05, 0.1) is 0 Å². The van der Waals surface area contributed by atoms with Crippen LogP contribution in [0.5, 0.6) is 0 Å². The van der Waals surface area contributed by atoms with Crippen LogP contribution in [0.25, 0.3) is 0 Å². The number of aromatic nitrogens is 1. The number of rotatable bonds is 5. The molecule has 1 aromatic heterocycles. The van der Waals surface area contributed by atoms with Crippen molar-refractivity contribution in [1.82, 2.24) is 4.98 Å². The molecule has 0 saturated carbocycles. The summed E-state index contributed by atoms with van der Waals surface area (Å²) in [6, 6.07) is 4.01. The van der Waals surface area contributed by atoms with Crippen LogP contribution in [0.1, 0.15) is 24.6 Å². The van der Waals surface area contributed by atoms with Crippen molar-refractivity contribution in [2.45, 2.75) is 26.3 Å². The molecule has 0 saturated heterocycles. The highest BCUT2D eigenvalue weighted by molar-refractivity contribution is 5.13. The number of pyridine rings is 1. The van der Waals surface area contributed by atoms with E-state index in [9.17, 15) is 0 Å². The lowest BCUT2D eigenvalue weighted by molar-refractivity contribution is 0.230. The summed E-state index contributed by atoms with van der Waals surface area (Å²) < 4.78 is 0. The smallest absolute Gasteiger partial charge is 0.0456 e. The van der Waals surface area contributed by atoms with Gasteiger partial charge in [-0.2, -0.15) is 0 Å². The molecule has 0 spiro atoms. The minimum atomic E-state index is 0.251. The normalized spacial score (nSPS) is 12.8. The van der Waals surface area contributed by atoms with Crippen molar-refractivity contribution in [3.63, 3.8) is 0 Å². The molecule has 0 radical (unpaired) electrons. The zero-order valence-corrected chi connectivity index (χ0v) is 8.61. The van der Waals surface area contributed by atoms with Crippen LogP contribution in [0.4, 0.5) is 0 Å². The second-order valence-corrected chi connectivity index (χ2v) is 3.69. The van der Waals surface area contributed by atoms with Gasteiger partial charge in [-0.15, -0.1) is 0 Å². The molecule has 14 heavy (non-hydrogen) atoms. The van der Waals surface area contributed by atoms with Crippen LogP contribution in [0, 0.1) is 5.92 Å². The third-order valence-electron chi connectivity index (χ3n) is 2.33. The number of nitrogens with zero attached hydrogens (tertiary/aromatic N) is 1. The van der Waals surface area contributed by atoms with Gasteiger partial charge in [-0.3, -0.25) is 4.98 Å². The molecule has 3 nitrogen and oxygen atoms in total. The average Bonchev–Trinajstić information content (AvgIpc) is 2.26. The molecule has 0 aliphatic heterocycles. The van der Waals surface area contributed by atoms with Gasteiger partial charge in [-0.25, -0.2) is 0 Å². The summed E-state index contributed by atoms with van der Waals surface area (Å²) in [5.74, 6) is 0.353. The number of nitrogens with two attached hydrogens (primary N) is 1. The number of aliphatic hydroxyl groups is 1. The first-order valence-electron chi connectivity index (χ1n) is 5.01. The topological polar surface area (TPSA) is 59.1 Å². The van der Waals surface area contributed by atoms with Crippen LogP contribution in [0.2, 0.25) is 0 Å². The Labute approximate surface area is 85.0 Å². The monoisotopic (exact) mass is 194 g/mol. The summed E-state index contributed by atoms with van der Waals surface area (Å²) in [6.45, 7) is 2.83. The first kappa shape index (κ1) is 11.1. The number of hydrogen-bond acceptors (Lipinski definition) is 3. The van der Waals surface area contributed by atoms with Gasteiger partial charge in [-0.05, 0) is 30.4 Å². The molecule has 1 atom stereocenters. The summed E-state index contributed by atoms with van der Waals surface area (Å²) in [5, 5.41) is 8.86. The summed E-state index contributed by atoms with van der Waals surface area (Å²) in [5.41, 5.74) is 7.60. The zero-order valence-electron chi connectivity index (χ0n) is 8.61. The van der Waals surface area contributed by atoms with Gasteiger partial charge in [0.25, 0.3) is 0 Å². The maximum Gasteiger partial charge on any atom is 0.0456 e. The van der Waals surface area contributed by atoms with Crippen molar-refractivity contribution in [2.75, 3.05) is 6.61 Å². The largest absolute Gasteiger partial charge is 0.396 e. The molecule has 0 aromatic carbocycles. The van der Waals surface area contributed by atoms with E-state index in [0.717, 1.165) is 24.1 Å². The van der Waals surface area contributed by atoms with Gasteiger partial charge < -0.3 is 10.8 Å². The molecule has 1 unspecified atom stereocenters. The van der Waals surface area contributed by atoms with Crippen molar-refractivity contribution in [3.05, 3.63) is 29.6 Å². The predicted molar refractivity (Wildman–Crippen MR) is 56.7 cm³/mol. The Balaban J connectivity index is 2.43. The molecule has 1 heterocycles. The van der Waals surface area contributed by atoms with Crippen molar-refractivity contribution in [2.24, 2.45) is 11.7 Å². The second kappa shape index (κ2) is 5.73. The molecule has 78 valence electrons. The van der Waals surface area contributed by atoms with Gasteiger partial charge in [0.2, 0.25) is 0 Å². The van der Waals surface area contributed by atoms with Crippen LogP contribution >= 0.6 is 0 Å². The van der Waals surface area contributed by atoms with Crippen LogP contribution in [0.3, 0.4) is 0 Å². The molecule has 0 amide bonds. The molecular weight excluding hydrogens is 176 g/mol. The van der Waals surface area contributed by atoms with E-state index in [-0.39, 0.29) is 6.61 Å². The third kappa shape index (κ3) is 3.44. The van der Waals surface area contributed by atoms with E-state index in [1.165, 1.54) is 0 Å². The van der Waals surface area contributed by atoms with Crippen LogP contribution in [-0.4, -0.2) is 16.7 Å². The maximum atomic E-state index is 8.86. The standard InChI is InChI=1S/C11H18N2O/c1-9(8-14)2-4-11-5-3-10(6-12)7-13-11/h3,5,7,9,14H,2,4,6,8,12H2,1H3. The van der Waals surface area contributed by atoms with Crippen molar-refractivity contribution >= 4 is 0 Å². The quantitative estimate of drug-likeness (QED) is 0.738.